The van der Waals surface area contributed by atoms with Crippen molar-refractivity contribution in [3.8, 4) is 46.0 Å². The van der Waals surface area contributed by atoms with E-state index in [0.29, 0.717) is 74.7 Å². The number of carboxylic acid groups (broad SMARTS) is 2. The van der Waals surface area contributed by atoms with Gasteiger partial charge in [-0.05, 0) is 238 Å². The van der Waals surface area contributed by atoms with E-state index >= 15 is 0 Å². The van der Waals surface area contributed by atoms with Gasteiger partial charge in [0, 0.05) is 97.3 Å². The highest BCUT2D eigenvalue weighted by atomic mass is 16.5. The minimum absolute atomic E-state index is 0.00569. The van der Waals surface area contributed by atoms with Crippen LogP contribution in [0.5, 0.6) is 46.0 Å². The Labute approximate surface area is 779 Å². The molecule has 136 heavy (non-hydrogen) atoms. The Morgan fingerprint density at radius 1 is 0.463 bits per heavy atom. The van der Waals surface area contributed by atoms with Gasteiger partial charge in [0.25, 0.3) is 0 Å². The summed E-state index contributed by atoms with van der Waals surface area (Å²) in [5, 5.41) is 33.1. The predicted molar refractivity (Wildman–Crippen MR) is 506 cm³/mol. The van der Waals surface area contributed by atoms with Crippen LogP contribution < -0.4 is 73.3 Å². The number of ether oxygens (including phenoxy) is 7. The highest BCUT2D eigenvalue weighted by Gasteiger charge is 2.37. The van der Waals surface area contributed by atoms with E-state index in [4.69, 9.17) is 131 Å². The topological polar surface area (TPSA) is 603 Å². The van der Waals surface area contributed by atoms with Gasteiger partial charge in [-0.3, -0.25) is 34.9 Å². The number of carboxylic acids is 2. The zero-order chi connectivity index (χ0) is 99.3. The zero-order valence-electron chi connectivity index (χ0n) is 75.4. The molecular formula is C100H102N14O22. The Morgan fingerprint density at radius 3 is 1.50 bits per heavy atom. The van der Waals surface area contributed by atoms with E-state index < -0.39 is 11.9 Å². The summed E-state index contributed by atoms with van der Waals surface area (Å²) >= 11 is 0. The van der Waals surface area contributed by atoms with Crippen LogP contribution in [0.3, 0.4) is 0 Å². The van der Waals surface area contributed by atoms with Crippen LogP contribution in [0.1, 0.15) is 141 Å². The lowest BCUT2D eigenvalue weighted by Gasteiger charge is -2.24. The van der Waals surface area contributed by atoms with E-state index in [-0.39, 0.29) is 72.1 Å². The number of rotatable bonds is 15. The number of aliphatic hydroxyl groups is 1. The third kappa shape index (κ3) is 30.1. The van der Waals surface area contributed by atoms with Crippen LogP contribution in [-0.4, -0.2) is 132 Å². The van der Waals surface area contributed by atoms with Gasteiger partial charge in [-0.1, -0.05) is 50.1 Å². The van der Waals surface area contributed by atoms with Gasteiger partial charge in [0.15, 0.2) is 0 Å². The van der Waals surface area contributed by atoms with Gasteiger partial charge in [0.1, 0.15) is 63.2 Å². The minimum atomic E-state index is -1.08. The number of nitrogens with zero attached hydrogens (tertiary/aromatic N) is 7. The number of hydrogen-bond acceptors (Lipinski definition) is 34. The quantitative estimate of drug-likeness (QED) is 0.0456. The summed E-state index contributed by atoms with van der Waals surface area (Å²) in [6.45, 7) is 12.7. The summed E-state index contributed by atoms with van der Waals surface area (Å²) in [7, 11) is 1.54. The molecule has 1 aliphatic heterocycles. The molecule has 2 unspecified atom stereocenters. The molecule has 8 aromatic carbocycles. The normalized spacial score (nSPS) is 12.5. The summed E-state index contributed by atoms with van der Waals surface area (Å²) in [5.74, 6) is 4.73. The highest BCUT2D eigenvalue weighted by molar-refractivity contribution is 6.06. The molecular weight excluding hydrogens is 1750 g/mol. The summed E-state index contributed by atoms with van der Waals surface area (Å²) in [5.41, 5.74) is 54.7. The van der Waals surface area contributed by atoms with Crippen LogP contribution in [0.2, 0.25) is 0 Å². The third-order valence-electron chi connectivity index (χ3n) is 20.5. The number of para-hydroxylation sites is 1. The monoisotopic (exact) mass is 1850 g/mol. The Hall–Kier alpha value is -17.4. The van der Waals surface area contributed by atoms with Crippen LogP contribution in [0.25, 0.3) is 76.3 Å². The van der Waals surface area contributed by atoms with E-state index in [1.807, 2.05) is 137 Å². The minimum Gasteiger partial charge on any atom is -0.497 e. The first-order valence-corrected chi connectivity index (χ1v) is 42.3. The van der Waals surface area contributed by atoms with Gasteiger partial charge in [0.05, 0.1) is 111 Å². The Bertz CT molecular complexity index is 6690. The van der Waals surface area contributed by atoms with Gasteiger partial charge in [-0.25, -0.2) is 9.59 Å². The first-order chi connectivity index (χ1) is 65.6. The number of nitrogen functional groups attached to an aromatic ring is 7. The van der Waals surface area contributed by atoms with Crippen molar-refractivity contribution < 1.29 is 106 Å². The summed E-state index contributed by atoms with van der Waals surface area (Å²) < 4.78 is 39.7. The maximum Gasteiger partial charge on any atom is 0.373 e. The van der Waals surface area contributed by atoms with Crippen LogP contribution in [0, 0.1) is 13.8 Å². The molecule has 17 N–H and O–H groups in total. The van der Waals surface area contributed by atoms with Gasteiger partial charge in [-0.15, -0.1) is 0 Å². The number of hydrogen-bond donors (Lipinski definition) is 10. The number of aliphatic hydroxyl groups excluding tert-OH is 1. The van der Waals surface area contributed by atoms with Gasteiger partial charge >= 0.3 is 42.7 Å². The molecule has 3 aliphatic rings. The second kappa shape index (κ2) is 54.3. The van der Waals surface area contributed by atoms with Crippen molar-refractivity contribution in [2.75, 3.05) is 60.5 Å². The number of methoxy groups -OCH3 is 1. The number of aromatic nitrogens is 7. The molecule has 2 aliphatic carbocycles. The molecule has 7 aromatic heterocycles. The van der Waals surface area contributed by atoms with Crippen molar-refractivity contribution in [1.29, 1.82) is 0 Å². The molecule has 0 radical (unpaired) electrons. The number of benzene rings is 8. The SMILES string of the molecule is CC(C)Oc1ccc2nccc(N)c2c1.CCCOc1ccc2nccc(N)c2c1.CCOc1ccc2ncc(C(=O)O)c(N)c2c1.COc1ccc2nc(C)c(C(=O)O)c(N)c2c1.Cc1cc(N)c2c3c(ccc2n1)C1CCCCC1O3.Nc1cc(CO)nc2cccc(OC3CCCCC3)c12.Nc1ccnc2ccc(Oc3ccccc3)cc12.O=C=O.O=C=O.O=C=O.O=C=O.O=C=O. The maximum atomic E-state index is 11.1. The van der Waals surface area contributed by atoms with Crippen LogP contribution in [0.15, 0.2) is 207 Å². The average Bonchev–Trinajstić information content (AvgIpc) is 1.59. The molecule has 36 heteroatoms. The van der Waals surface area contributed by atoms with Crippen LogP contribution in [0.4, 0.5) is 39.8 Å². The van der Waals surface area contributed by atoms with Crippen molar-refractivity contribution >= 4 is 159 Å². The second-order valence-corrected chi connectivity index (χ2v) is 29.9. The standard InChI is InChI=1S/C16H20N2O2.C16H18N2O.C15H12N2O.2C12H12N2O3.2C12H14N2O.5CO2/c17-13-9-11(10-19)18-14-7-4-8-15(16(13)14)20-12-5-2-1-3-6-12;1-9-8-12(17)15-13(18-9)7-6-11-10-4-2-3-5-14(10)19-16(11)15;16-14-8-9-17-15-7-6-12(10-13(14)15)18-11-4-2-1-3-5-11;1-6-10(12(15)16)11(13)8-5-7(17-2)3-4-9(8)14-6;1-2-17-7-3-4-10-8(5-7)11(13)9(6-14-10)12(15)16;1-8(2)15-9-3-4-12-10(7-9)11(13)5-6-14-12;1-2-7-15-9-3-4-12-10(8-9)11(13)5-6-14-12;5*2-1-3/h4,7-9,12,19H,1-3,5-6,10H2,(H2,17,18);6-8,10,14H,2-5H2,1H3,(H2,17,18);1-10H,(H2,16,17);3-5H,1-2H3,(H2,13,14)(H,15,16);3-6H,2H2,1H3,(H2,13,14)(H,15,16);3-8H,1-2H3,(H2,13,14);3-6,8H,2,7H2,1H3,(H2,13,14);;;;;. The third-order valence-corrected chi connectivity index (χ3v) is 20.5. The predicted octanol–water partition coefficient (Wildman–Crippen LogP) is 16.2. The number of anilines is 7. The Balaban J connectivity index is 0.000000211. The van der Waals surface area contributed by atoms with Crippen molar-refractivity contribution in [3.63, 3.8) is 0 Å². The van der Waals surface area contributed by atoms with E-state index in [1.165, 1.54) is 63.8 Å². The molecule has 2 saturated carbocycles. The summed E-state index contributed by atoms with van der Waals surface area (Å²) in [6, 6.07) is 56.4. The lowest BCUT2D eigenvalue weighted by molar-refractivity contribution is -0.193. The first kappa shape index (κ1) is 106. The number of aryl methyl sites for hydroxylation is 2. The van der Waals surface area contributed by atoms with E-state index in [9.17, 15) is 14.7 Å². The Kier molecular flexibility index (Phi) is 42.2. The largest absolute Gasteiger partial charge is 0.497 e. The average molecular weight is 1850 g/mol. The molecule has 2 atom stereocenters. The fourth-order valence-corrected chi connectivity index (χ4v) is 14.7. The maximum absolute atomic E-state index is 11.1. The molecule has 0 bridgehead atoms. The highest BCUT2D eigenvalue weighted by Crippen LogP contribution is 2.50. The second-order valence-electron chi connectivity index (χ2n) is 29.9. The number of pyridine rings is 7. The fourth-order valence-electron chi connectivity index (χ4n) is 14.7. The smallest absolute Gasteiger partial charge is 0.373 e. The molecule has 0 amide bonds. The van der Waals surface area contributed by atoms with E-state index in [0.717, 1.165) is 138 Å². The molecule has 36 nitrogen and oxygen atoms in total. The Morgan fingerprint density at radius 2 is 0.949 bits per heavy atom. The lowest BCUT2D eigenvalue weighted by Crippen LogP contribution is -2.22. The number of carbonyl (C=O) groups excluding carboxylic acids is 10. The van der Waals surface area contributed by atoms with Gasteiger partial charge < -0.3 is 88.6 Å². The lowest BCUT2D eigenvalue weighted by atomic mass is 9.83. The molecule has 2 fully saturated rings. The molecule has 18 rings (SSSR count). The number of fused-ring (bicyclic) bond motifs is 11. The molecule has 0 spiro atoms. The van der Waals surface area contributed by atoms with E-state index in [2.05, 4.69) is 53.9 Å². The molecule has 8 heterocycles. The van der Waals surface area contributed by atoms with Gasteiger partial charge in [0.2, 0.25) is 0 Å². The zero-order valence-corrected chi connectivity index (χ0v) is 75.4. The summed E-state index contributed by atoms with van der Waals surface area (Å²) in [4.78, 5) is 133. The van der Waals surface area contributed by atoms with Crippen molar-refractivity contribution in [3.05, 3.63) is 241 Å². The van der Waals surface area contributed by atoms with Gasteiger partial charge in [-0.2, -0.15) is 47.9 Å². The van der Waals surface area contributed by atoms with Crippen molar-refractivity contribution in [2.45, 2.75) is 137 Å². The first-order valence-electron chi connectivity index (χ1n) is 42.3. The van der Waals surface area contributed by atoms with Crippen LogP contribution >= 0.6 is 0 Å². The molecule has 15 aromatic rings. The van der Waals surface area contributed by atoms with E-state index in [1.54, 1.807) is 86.2 Å². The molecule has 0 saturated heterocycles. The number of aromatic carboxylic acids is 2. The fraction of sp³-hybridized carbons (Fsp3) is 0.240. The van der Waals surface area contributed by atoms with Crippen molar-refractivity contribution in [1.82, 2.24) is 34.9 Å². The van der Waals surface area contributed by atoms with Crippen molar-refractivity contribution in [2.24, 2.45) is 0 Å². The van der Waals surface area contributed by atoms with Crippen LogP contribution in [-0.2, 0) is 54.6 Å². The number of carbonyl (C=O) groups is 2. The number of nitrogens with two attached hydrogens (primary N) is 7. The summed E-state index contributed by atoms with van der Waals surface area (Å²) in [6.07, 6.45) is 20.4. The molecule has 704 valence electrons.